The maximum Gasteiger partial charge on any atom is 0.478 e. The fourth-order valence-electron chi connectivity index (χ4n) is 2.07. The molecule has 0 bridgehead atoms. The van der Waals surface area contributed by atoms with Crippen LogP contribution in [0.4, 0.5) is 0 Å². The van der Waals surface area contributed by atoms with Crippen LogP contribution in [0.1, 0.15) is 48.0 Å². The highest BCUT2D eigenvalue weighted by molar-refractivity contribution is 7.48. The second-order valence-electron chi connectivity index (χ2n) is 7.97. The van der Waals surface area contributed by atoms with E-state index in [1.807, 2.05) is 0 Å². The second kappa shape index (κ2) is 9.82. The predicted octanol–water partition coefficient (Wildman–Crippen LogP) is 2.17. The van der Waals surface area contributed by atoms with Crippen molar-refractivity contribution in [2.75, 3.05) is 26.6 Å². The number of carbonyl (C=O) groups is 3. The summed E-state index contributed by atoms with van der Waals surface area (Å²) in [6, 6.07) is 0. The molecule has 1 aliphatic rings. The van der Waals surface area contributed by atoms with Gasteiger partial charge in [-0.1, -0.05) is 13.8 Å². The number of esters is 2. The molecule has 1 N–H and O–H groups in total. The van der Waals surface area contributed by atoms with E-state index in [-0.39, 0.29) is 26.2 Å². The molecule has 1 amide bonds. The standard InChI is InChI=1S/C17H30NO9P/c1-7-23-12(19)8-9-18-14(20)13-17(5,6)10-25-28(22,27-13)26-11-24-15(21)16(2,3)4/h13H,7-11H2,1-6H3,(H,18,20)/t13-,28?/m0/s1. The molecule has 1 heterocycles. The van der Waals surface area contributed by atoms with Gasteiger partial charge in [-0.15, -0.1) is 0 Å². The molecule has 1 unspecified atom stereocenters. The minimum Gasteiger partial charge on any atom is -0.466 e. The quantitative estimate of drug-likeness (QED) is 0.355. The third-order valence-corrected chi connectivity index (χ3v) is 5.06. The van der Waals surface area contributed by atoms with E-state index < -0.39 is 49.4 Å². The summed E-state index contributed by atoms with van der Waals surface area (Å²) in [5.74, 6) is -1.55. The first kappa shape index (κ1) is 24.6. The van der Waals surface area contributed by atoms with Gasteiger partial charge in [-0.2, -0.15) is 0 Å². The monoisotopic (exact) mass is 423 g/mol. The predicted molar refractivity (Wildman–Crippen MR) is 98.0 cm³/mol. The summed E-state index contributed by atoms with van der Waals surface area (Å²) >= 11 is 0. The molecular weight excluding hydrogens is 393 g/mol. The Balaban J connectivity index is 2.62. The van der Waals surface area contributed by atoms with Gasteiger partial charge in [0, 0.05) is 12.0 Å². The lowest BCUT2D eigenvalue weighted by Crippen LogP contribution is -2.50. The minimum absolute atomic E-state index is 0.000143. The third kappa shape index (κ3) is 7.50. The van der Waals surface area contributed by atoms with Crippen molar-refractivity contribution in [2.45, 2.75) is 54.1 Å². The molecule has 0 spiro atoms. The summed E-state index contributed by atoms with van der Waals surface area (Å²) in [5.41, 5.74) is -1.55. The van der Waals surface area contributed by atoms with Crippen molar-refractivity contribution in [3.05, 3.63) is 0 Å². The van der Waals surface area contributed by atoms with Gasteiger partial charge in [0.1, 0.15) is 0 Å². The van der Waals surface area contributed by atoms with Gasteiger partial charge >= 0.3 is 19.8 Å². The molecule has 0 aliphatic carbocycles. The van der Waals surface area contributed by atoms with Crippen molar-refractivity contribution in [1.29, 1.82) is 0 Å². The number of phosphoric ester groups is 1. The van der Waals surface area contributed by atoms with Crippen LogP contribution in [-0.4, -0.2) is 50.5 Å². The Hall–Kier alpha value is -1.48. The highest BCUT2D eigenvalue weighted by Gasteiger charge is 2.49. The van der Waals surface area contributed by atoms with Crippen LogP contribution in [0.3, 0.4) is 0 Å². The number of amides is 1. The van der Waals surface area contributed by atoms with Gasteiger partial charge < -0.3 is 14.8 Å². The Morgan fingerprint density at radius 1 is 1.21 bits per heavy atom. The molecule has 10 nitrogen and oxygen atoms in total. The average Bonchev–Trinajstić information content (AvgIpc) is 2.56. The molecule has 1 rings (SSSR count). The Bertz CT molecular complexity index is 627. The zero-order valence-electron chi connectivity index (χ0n) is 17.2. The first-order chi connectivity index (χ1) is 12.8. The summed E-state index contributed by atoms with van der Waals surface area (Å²) in [5, 5.41) is 2.55. The molecule has 162 valence electrons. The van der Waals surface area contributed by atoms with Crippen LogP contribution in [0.2, 0.25) is 0 Å². The molecule has 1 fully saturated rings. The normalized spacial score (nSPS) is 24.3. The van der Waals surface area contributed by atoms with Crippen molar-refractivity contribution in [3.8, 4) is 0 Å². The van der Waals surface area contributed by atoms with Crippen LogP contribution in [0.15, 0.2) is 0 Å². The molecule has 0 aromatic heterocycles. The number of rotatable bonds is 8. The minimum atomic E-state index is -4.10. The Kier molecular flexibility index (Phi) is 8.62. The summed E-state index contributed by atoms with van der Waals surface area (Å²) in [6.07, 6.45) is -1.15. The van der Waals surface area contributed by atoms with E-state index in [4.69, 9.17) is 23.0 Å². The first-order valence-electron chi connectivity index (χ1n) is 8.99. The molecule has 0 aromatic carbocycles. The first-order valence-corrected chi connectivity index (χ1v) is 10.4. The molecule has 1 aliphatic heterocycles. The van der Waals surface area contributed by atoms with Gasteiger partial charge in [-0.05, 0) is 27.7 Å². The second-order valence-corrected chi connectivity index (χ2v) is 9.59. The molecule has 2 atom stereocenters. The van der Waals surface area contributed by atoms with Gasteiger partial charge in [0.2, 0.25) is 12.7 Å². The highest BCUT2D eigenvalue weighted by Crippen LogP contribution is 2.57. The van der Waals surface area contributed by atoms with Gasteiger partial charge in [0.25, 0.3) is 0 Å². The number of carbonyl (C=O) groups excluding carboxylic acids is 3. The van der Waals surface area contributed by atoms with Crippen LogP contribution < -0.4 is 5.32 Å². The van der Waals surface area contributed by atoms with E-state index in [0.29, 0.717) is 0 Å². The lowest BCUT2D eigenvalue weighted by molar-refractivity contribution is -0.163. The topological polar surface area (TPSA) is 126 Å². The number of hydrogen-bond donors (Lipinski definition) is 1. The Labute approximate surface area is 165 Å². The van der Waals surface area contributed by atoms with Crippen LogP contribution in [0.25, 0.3) is 0 Å². The van der Waals surface area contributed by atoms with Gasteiger partial charge in [0.15, 0.2) is 6.10 Å². The molecule has 0 aromatic rings. The van der Waals surface area contributed by atoms with E-state index in [2.05, 4.69) is 5.32 Å². The van der Waals surface area contributed by atoms with Crippen molar-refractivity contribution >= 4 is 25.7 Å². The highest BCUT2D eigenvalue weighted by atomic mass is 31.2. The van der Waals surface area contributed by atoms with E-state index >= 15 is 0 Å². The number of nitrogens with one attached hydrogen (secondary N) is 1. The summed E-state index contributed by atoms with van der Waals surface area (Å²) in [6.45, 7) is 9.64. The van der Waals surface area contributed by atoms with Crippen molar-refractivity contribution in [2.24, 2.45) is 10.8 Å². The zero-order valence-corrected chi connectivity index (χ0v) is 18.1. The molecule has 11 heteroatoms. The van der Waals surface area contributed by atoms with E-state index in [1.165, 1.54) is 0 Å². The molecule has 28 heavy (non-hydrogen) atoms. The van der Waals surface area contributed by atoms with Crippen LogP contribution in [-0.2, 0) is 42.0 Å². The SMILES string of the molecule is CCOC(=O)CCNC(=O)[C@@H]1OP(=O)(OCOC(=O)C(C)(C)C)OCC1(C)C. The van der Waals surface area contributed by atoms with E-state index in [0.717, 1.165) is 0 Å². The summed E-state index contributed by atoms with van der Waals surface area (Å²) in [7, 11) is -4.10. The molecule has 0 radical (unpaired) electrons. The Morgan fingerprint density at radius 3 is 2.43 bits per heavy atom. The zero-order chi connectivity index (χ0) is 21.6. The Morgan fingerprint density at radius 2 is 1.86 bits per heavy atom. The van der Waals surface area contributed by atoms with E-state index in [9.17, 15) is 18.9 Å². The maximum atomic E-state index is 12.6. The molecule has 0 saturated carbocycles. The summed E-state index contributed by atoms with van der Waals surface area (Å²) in [4.78, 5) is 35.5. The van der Waals surface area contributed by atoms with Crippen molar-refractivity contribution in [3.63, 3.8) is 0 Å². The number of hydrogen-bond acceptors (Lipinski definition) is 9. The van der Waals surface area contributed by atoms with Crippen LogP contribution >= 0.6 is 7.82 Å². The lowest BCUT2D eigenvalue weighted by atomic mass is 9.87. The van der Waals surface area contributed by atoms with Gasteiger partial charge in [-0.3, -0.25) is 23.4 Å². The molecule has 1 saturated heterocycles. The van der Waals surface area contributed by atoms with Gasteiger partial charge in [-0.25, -0.2) is 9.09 Å². The van der Waals surface area contributed by atoms with E-state index in [1.54, 1.807) is 41.5 Å². The van der Waals surface area contributed by atoms with Gasteiger partial charge in [0.05, 0.1) is 25.0 Å². The van der Waals surface area contributed by atoms with Crippen LogP contribution in [0, 0.1) is 10.8 Å². The molecular formula is C17H30NO9P. The maximum absolute atomic E-state index is 12.6. The smallest absolute Gasteiger partial charge is 0.466 e. The largest absolute Gasteiger partial charge is 0.478 e. The third-order valence-electron chi connectivity index (χ3n) is 3.72. The van der Waals surface area contributed by atoms with Crippen LogP contribution in [0.5, 0.6) is 0 Å². The fraction of sp³-hybridized carbons (Fsp3) is 0.824. The number of phosphoric acid groups is 1. The summed E-state index contributed by atoms with van der Waals surface area (Å²) < 4.78 is 37.8. The number of ether oxygens (including phenoxy) is 2. The lowest BCUT2D eigenvalue weighted by Gasteiger charge is -2.39. The van der Waals surface area contributed by atoms with Crippen molar-refractivity contribution < 1.29 is 42.0 Å². The van der Waals surface area contributed by atoms with Crippen molar-refractivity contribution in [1.82, 2.24) is 5.32 Å². The fourth-order valence-corrected chi connectivity index (χ4v) is 3.58. The average molecular weight is 423 g/mol.